The van der Waals surface area contributed by atoms with E-state index in [9.17, 15) is 0 Å². The maximum Gasteiger partial charge on any atom is 0.128 e. The average molecular weight is 261 g/mol. The van der Waals surface area contributed by atoms with E-state index >= 15 is 0 Å². The minimum Gasteiger partial charge on any atom is -0.357 e. The molecule has 0 aromatic carbocycles. The van der Waals surface area contributed by atoms with Crippen LogP contribution in [0.2, 0.25) is 0 Å². The Hall–Kier alpha value is -1.09. The number of nitrogens with two attached hydrogens (primary N) is 1. The third kappa shape index (κ3) is 3.47. The Morgan fingerprint density at radius 1 is 1.32 bits per heavy atom. The van der Waals surface area contributed by atoms with Gasteiger partial charge >= 0.3 is 0 Å². The van der Waals surface area contributed by atoms with E-state index in [-0.39, 0.29) is 6.04 Å². The average Bonchev–Trinajstić information content (AvgIpc) is 2.38. The maximum atomic E-state index is 5.94. The van der Waals surface area contributed by atoms with Crippen molar-refractivity contribution in [3.05, 3.63) is 23.9 Å². The monoisotopic (exact) mass is 261 g/mol. The first-order chi connectivity index (χ1) is 8.88. The van der Waals surface area contributed by atoms with Crippen molar-refractivity contribution < 1.29 is 0 Å². The van der Waals surface area contributed by atoms with Crippen LogP contribution in [-0.4, -0.2) is 18.1 Å². The van der Waals surface area contributed by atoms with Crippen molar-refractivity contribution in [2.75, 3.05) is 18.0 Å². The summed E-state index contributed by atoms with van der Waals surface area (Å²) in [6.07, 6.45) is 4.39. The van der Waals surface area contributed by atoms with Crippen LogP contribution in [0.4, 0.5) is 5.82 Å². The van der Waals surface area contributed by atoms with E-state index in [1.165, 1.54) is 18.4 Å². The molecule has 0 unspecified atom stereocenters. The molecule has 1 saturated heterocycles. The predicted octanol–water partition coefficient (Wildman–Crippen LogP) is 3.36. The third-order valence-electron chi connectivity index (χ3n) is 4.34. The molecule has 0 amide bonds. The highest BCUT2D eigenvalue weighted by molar-refractivity contribution is 5.42. The van der Waals surface area contributed by atoms with Crippen LogP contribution in [0.1, 0.15) is 52.1 Å². The predicted molar refractivity (Wildman–Crippen MR) is 81.2 cm³/mol. The lowest BCUT2D eigenvalue weighted by molar-refractivity contribution is 0.198. The molecule has 1 aliphatic rings. The molecule has 2 heterocycles. The van der Waals surface area contributed by atoms with Gasteiger partial charge in [-0.25, -0.2) is 4.98 Å². The molecule has 19 heavy (non-hydrogen) atoms. The molecule has 0 bridgehead atoms. The summed E-state index contributed by atoms with van der Waals surface area (Å²) in [4.78, 5) is 6.90. The smallest absolute Gasteiger partial charge is 0.128 e. The lowest BCUT2D eigenvalue weighted by Gasteiger charge is -2.39. The Morgan fingerprint density at radius 3 is 2.47 bits per heavy atom. The van der Waals surface area contributed by atoms with Gasteiger partial charge in [0.2, 0.25) is 0 Å². The Kier molecular flexibility index (Phi) is 4.14. The lowest BCUT2D eigenvalue weighted by atomic mass is 9.75. The van der Waals surface area contributed by atoms with Gasteiger partial charge in [0.15, 0.2) is 0 Å². The number of rotatable bonds is 2. The van der Waals surface area contributed by atoms with E-state index in [1.807, 2.05) is 19.2 Å². The van der Waals surface area contributed by atoms with Crippen LogP contribution >= 0.6 is 0 Å². The fourth-order valence-electron chi connectivity index (χ4n) is 2.86. The first-order valence-corrected chi connectivity index (χ1v) is 7.34. The second-order valence-corrected chi connectivity index (χ2v) is 6.86. The van der Waals surface area contributed by atoms with Crippen molar-refractivity contribution in [2.24, 2.45) is 17.1 Å². The summed E-state index contributed by atoms with van der Waals surface area (Å²) in [7, 11) is 0. The minimum atomic E-state index is 0.0777. The SMILES string of the molecule is C[C@@H](N)c1ccnc(N2CCC(C(C)(C)C)CC2)c1. The number of piperidine rings is 1. The summed E-state index contributed by atoms with van der Waals surface area (Å²) < 4.78 is 0. The molecule has 1 fully saturated rings. The topological polar surface area (TPSA) is 42.1 Å². The second-order valence-electron chi connectivity index (χ2n) is 6.86. The van der Waals surface area contributed by atoms with Crippen molar-refractivity contribution in [3.63, 3.8) is 0 Å². The van der Waals surface area contributed by atoms with Gasteiger partial charge in [-0.3, -0.25) is 0 Å². The maximum absolute atomic E-state index is 5.94. The van der Waals surface area contributed by atoms with Gasteiger partial charge in [-0.15, -0.1) is 0 Å². The summed E-state index contributed by atoms with van der Waals surface area (Å²) in [5, 5.41) is 0. The molecule has 0 aliphatic carbocycles. The fraction of sp³-hybridized carbons (Fsp3) is 0.688. The van der Waals surface area contributed by atoms with E-state index in [0.29, 0.717) is 5.41 Å². The van der Waals surface area contributed by atoms with Gasteiger partial charge in [-0.2, -0.15) is 0 Å². The zero-order valence-corrected chi connectivity index (χ0v) is 12.7. The highest BCUT2D eigenvalue weighted by Crippen LogP contribution is 2.35. The highest BCUT2D eigenvalue weighted by atomic mass is 15.2. The molecule has 2 rings (SSSR count). The van der Waals surface area contributed by atoms with Crippen LogP contribution in [0.15, 0.2) is 18.3 Å². The van der Waals surface area contributed by atoms with E-state index in [1.54, 1.807) is 0 Å². The number of aromatic nitrogens is 1. The van der Waals surface area contributed by atoms with Crippen LogP contribution in [0.3, 0.4) is 0 Å². The van der Waals surface area contributed by atoms with E-state index in [0.717, 1.165) is 24.8 Å². The molecular weight excluding hydrogens is 234 g/mol. The molecule has 2 N–H and O–H groups in total. The Morgan fingerprint density at radius 2 is 1.95 bits per heavy atom. The molecule has 1 atom stereocenters. The molecule has 1 aliphatic heterocycles. The van der Waals surface area contributed by atoms with Crippen molar-refractivity contribution in [3.8, 4) is 0 Å². The number of hydrogen-bond acceptors (Lipinski definition) is 3. The van der Waals surface area contributed by atoms with Crippen LogP contribution in [0.5, 0.6) is 0 Å². The van der Waals surface area contributed by atoms with Crippen molar-refractivity contribution >= 4 is 5.82 Å². The molecule has 0 saturated carbocycles. The fourth-order valence-corrected chi connectivity index (χ4v) is 2.86. The first-order valence-electron chi connectivity index (χ1n) is 7.34. The molecule has 1 aromatic rings. The van der Waals surface area contributed by atoms with Gasteiger partial charge in [0, 0.05) is 25.3 Å². The van der Waals surface area contributed by atoms with Gasteiger partial charge in [-0.1, -0.05) is 20.8 Å². The van der Waals surface area contributed by atoms with E-state index < -0.39 is 0 Å². The number of anilines is 1. The van der Waals surface area contributed by atoms with Crippen LogP contribution in [-0.2, 0) is 0 Å². The molecule has 106 valence electrons. The molecular formula is C16H27N3. The molecule has 0 radical (unpaired) electrons. The van der Waals surface area contributed by atoms with Gasteiger partial charge in [0.25, 0.3) is 0 Å². The summed E-state index contributed by atoms with van der Waals surface area (Å²) in [5.74, 6) is 1.91. The van der Waals surface area contributed by atoms with Crippen molar-refractivity contribution in [2.45, 2.75) is 46.6 Å². The van der Waals surface area contributed by atoms with Crippen LogP contribution in [0, 0.1) is 11.3 Å². The Balaban J connectivity index is 2.03. The van der Waals surface area contributed by atoms with E-state index in [2.05, 4.69) is 36.7 Å². The van der Waals surface area contributed by atoms with E-state index in [4.69, 9.17) is 5.73 Å². The quantitative estimate of drug-likeness (QED) is 0.887. The first kappa shape index (κ1) is 14.3. The summed E-state index contributed by atoms with van der Waals surface area (Å²) in [6, 6.07) is 4.23. The molecule has 1 aromatic heterocycles. The van der Waals surface area contributed by atoms with Crippen molar-refractivity contribution in [1.82, 2.24) is 4.98 Å². The normalized spacial score (nSPS) is 19.5. The largest absolute Gasteiger partial charge is 0.357 e. The minimum absolute atomic E-state index is 0.0777. The Labute approximate surface area is 117 Å². The summed E-state index contributed by atoms with van der Waals surface area (Å²) >= 11 is 0. The zero-order chi connectivity index (χ0) is 14.0. The van der Waals surface area contributed by atoms with Crippen molar-refractivity contribution in [1.29, 1.82) is 0 Å². The molecule has 0 spiro atoms. The summed E-state index contributed by atoms with van der Waals surface area (Å²) in [6.45, 7) is 11.3. The number of pyridine rings is 1. The number of nitrogens with zero attached hydrogens (tertiary/aromatic N) is 2. The highest BCUT2D eigenvalue weighted by Gasteiger charge is 2.29. The third-order valence-corrected chi connectivity index (χ3v) is 4.34. The van der Waals surface area contributed by atoms with Gasteiger partial charge < -0.3 is 10.6 Å². The van der Waals surface area contributed by atoms with Crippen LogP contribution < -0.4 is 10.6 Å². The molecule has 3 nitrogen and oxygen atoms in total. The Bertz CT molecular complexity index is 412. The number of hydrogen-bond donors (Lipinski definition) is 1. The van der Waals surface area contributed by atoms with Gasteiger partial charge in [0.05, 0.1) is 0 Å². The summed E-state index contributed by atoms with van der Waals surface area (Å²) in [5.41, 5.74) is 7.54. The standard InChI is InChI=1S/C16H27N3/c1-12(17)13-5-8-18-15(11-13)19-9-6-14(7-10-19)16(2,3)4/h5,8,11-12,14H,6-7,9-10,17H2,1-4H3/t12-/m1/s1. The lowest BCUT2D eigenvalue weighted by Crippen LogP contribution is -2.38. The molecule has 3 heteroatoms. The zero-order valence-electron chi connectivity index (χ0n) is 12.7. The van der Waals surface area contributed by atoms with Gasteiger partial charge in [-0.05, 0) is 48.8 Å². The van der Waals surface area contributed by atoms with Gasteiger partial charge in [0.1, 0.15) is 5.82 Å². The van der Waals surface area contributed by atoms with Crippen LogP contribution in [0.25, 0.3) is 0 Å². The second kappa shape index (κ2) is 5.49.